The Kier molecular flexibility index (Phi) is 4.31. The SMILES string of the molecule is O=C(NCc1cccnc1)[C@@]12CCO[C@@H]1CCN(c1ncccn1)C2. The van der Waals surface area contributed by atoms with Crippen molar-refractivity contribution >= 4 is 11.9 Å². The maximum absolute atomic E-state index is 13.1. The number of piperidine rings is 1. The minimum atomic E-state index is -0.542. The molecule has 2 aromatic rings. The first kappa shape index (κ1) is 16.0. The standard InChI is InChI=1S/C18H21N5O2/c24-16(22-12-14-3-1-6-19-11-14)18-5-10-25-15(18)4-9-23(13-18)17-20-7-2-8-21-17/h1-3,6-8,11,15H,4-5,9-10,12-13H2,(H,22,24)/t15-,18-/m1/s1. The Balaban J connectivity index is 1.51. The summed E-state index contributed by atoms with van der Waals surface area (Å²) in [7, 11) is 0. The molecule has 130 valence electrons. The first-order chi connectivity index (χ1) is 12.3. The normalized spacial score (nSPS) is 25.4. The predicted octanol–water partition coefficient (Wildman–Crippen LogP) is 1.17. The average molecular weight is 339 g/mol. The molecule has 0 aliphatic carbocycles. The smallest absolute Gasteiger partial charge is 0.231 e. The molecule has 0 radical (unpaired) electrons. The number of anilines is 1. The van der Waals surface area contributed by atoms with Gasteiger partial charge < -0.3 is 15.0 Å². The fourth-order valence-electron chi connectivity index (χ4n) is 3.75. The lowest BCUT2D eigenvalue weighted by Crippen LogP contribution is -2.57. The molecule has 7 nitrogen and oxygen atoms in total. The van der Waals surface area contributed by atoms with Crippen LogP contribution in [-0.2, 0) is 16.1 Å². The molecule has 0 aromatic carbocycles. The Morgan fingerprint density at radius 1 is 1.32 bits per heavy atom. The van der Waals surface area contributed by atoms with Gasteiger partial charge in [-0.2, -0.15) is 0 Å². The quantitative estimate of drug-likeness (QED) is 0.901. The third-order valence-electron chi connectivity index (χ3n) is 5.08. The zero-order valence-electron chi connectivity index (χ0n) is 14.0. The average Bonchev–Trinajstić information content (AvgIpc) is 3.12. The molecule has 25 heavy (non-hydrogen) atoms. The van der Waals surface area contributed by atoms with Gasteiger partial charge in [-0.15, -0.1) is 0 Å². The summed E-state index contributed by atoms with van der Waals surface area (Å²) in [6, 6.07) is 5.63. The Labute approximate surface area is 146 Å². The van der Waals surface area contributed by atoms with Crippen molar-refractivity contribution in [2.45, 2.75) is 25.5 Å². The van der Waals surface area contributed by atoms with Gasteiger partial charge in [0, 0.05) is 51.0 Å². The van der Waals surface area contributed by atoms with Crippen molar-refractivity contribution in [1.82, 2.24) is 20.3 Å². The first-order valence-electron chi connectivity index (χ1n) is 8.59. The van der Waals surface area contributed by atoms with Crippen LogP contribution < -0.4 is 10.2 Å². The molecular weight excluding hydrogens is 318 g/mol. The van der Waals surface area contributed by atoms with Crippen LogP contribution in [0, 0.1) is 5.41 Å². The number of nitrogens with zero attached hydrogens (tertiary/aromatic N) is 4. The number of carbonyl (C=O) groups is 1. The van der Waals surface area contributed by atoms with Crippen molar-refractivity contribution in [3.63, 3.8) is 0 Å². The van der Waals surface area contributed by atoms with E-state index in [9.17, 15) is 4.79 Å². The molecule has 2 aliphatic heterocycles. The van der Waals surface area contributed by atoms with E-state index in [-0.39, 0.29) is 12.0 Å². The number of fused-ring (bicyclic) bond motifs is 1. The number of hydrogen-bond donors (Lipinski definition) is 1. The Morgan fingerprint density at radius 3 is 3.00 bits per heavy atom. The molecule has 1 amide bonds. The molecule has 7 heteroatoms. The summed E-state index contributed by atoms with van der Waals surface area (Å²) in [4.78, 5) is 27.9. The van der Waals surface area contributed by atoms with Crippen molar-refractivity contribution in [3.05, 3.63) is 48.5 Å². The van der Waals surface area contributed by atoms with Gasteiger partial charge in [-0.1, -0.05) is 6.07 Å². The topological polar surface area (TPSA) is 80.2 Å². The van der Waals surface area contributed by atoms with Gasteiger partial charge in [-0.3, -0.25) is 9.78 Å². The van der Waals surface area contributed by atoms with Gasteiger partial charge in [-0.25, -0.2) is 9.97 Å². The Morgan fingerprint density at radius 2 is 2.20 bits per heavy atom. The number of rotatable bonds is 4. The van der Waals surface area contributed by atoms with E-state index < -0.39 is 5.41 Å². The first-order valence-corrected chi connectivity index (χ1v) is 8.59. The van der Waals surface area contributed by atoms with E-state index in [1.54, 1.807) is 30.9 Å². The zero-order valence-corrected chi connectivity index (χ0v) is 14.0. The van der Waals surface area contributed by atoms with E-state index in [0.717, 1.165) is 24.9 Å². The maximum Gasteiger partial charge on any atom is 0.231 e. The van der Waals surface area contributed by atoms with Gasteiger partial charge in [0.05, 0.1) is 11.5 Å². The van der Waals surface area contributed by atoms with Gasteiger partial charge in [0.1, 0.15) is 0 Å². The lowest BCUT2D eigenvalue weighted by molar-refractivity contribution is -0.135. The molecule has 0 unspecified atom stereocenters. The van der Waals surface area contributed by atoms with Crippen molar-refractivity contribution in [1.29, 1.82) is 0 Å². The highest BCUT2D eigenvalue weighted by Crippen LogP contribution is 2.41. The second-order valence-corrected chi connectivity index (χ2v) is 6.57. The number of pyridine rings is 1. The van der Waals surface area contributed by atoms with Crippen LogP contribution in [0.25, 0.3) is 0 Å². The highest BCUT2D eigenvalue weighted by atomic mass is 16.5. The Hall–Kier alpha value is -2.54. The van der Waals surface area contributed by atoms with Crippen LogP contribution in [-0.4, -0.2) is 46.7 Å². The third-order valence-corrected chi connectivity index (χ3v) is 5.08. The second kappa shape index (κ2) is 6.76. The molecule has 4 heterocycles. The highest BCUT2D eigenvalue weighted by Gasteiger charge is 2.53. The van der Waals surface area contributed by atoms with E-state index in [2.05, 4.69) is 25.2 Å². The van der Waals surface area contributed by atoms with Crippen LogP contribution in [0.5, 0.6) is 0 Å². The molecule has 2 aliphatic rings. The van der Waals surface area contributed by atoms with Crippen LogP contribution in [0.2, 0.25) is 0 Å². The molecule has 0 bridgehead atoms. The molecule has 2 fully saturated rings. The summed E-state index contributed by atoms with van der Waals surface area (Å²) in [5.74, 6) is 0.715. The van der Waals surface area contributed by atoms with Crippen LogP contribution in [0.15, 0.2) is 43.0 Å². The fourth-order valence-corrected chi connectivity index (χ4v) is 3.75. The van der Waals surface area contributed by atoms with Crippen LogP contribution in [0.4, 0.5) is 5.95 Å². The van der Waals surface area contributed by atoms with Crippen molar-refractivity contribution in [2.75, 3.05) is 24.6 Å². The van der Waals surface area contributed by atoms with Crippen LogP contribution in [0.3, 0.4) is 0 Å². The summed E-state index contributed by atoms with van der Waals surface area (Å²) in [5, 5.41) is 3.08. The number of nitrogens with one attached hydrogen (secondary N) is 1. The van der Waals surface area contributed by atoms with Crippen molar-refractivity contribution in [2.24, 2.45) is 5.41 Å². The largest absolute Gasteiger partial charge is 0.377 e. The molecule has 1 N–H and O–H groups in total. The number of amides is 1. The second-order valence-electron chi connectivity index (χ2n) is 6.57. The highest BCUT2D eigenvalue weighted by molar-refractivity contribution is 5.84. The lowest BCUT2D eigenvalue weighted by Gasteiger charge is -2.42. The summed E-state index contributed by atoms with van der Waals surface area (Å²) in [5.41, 5.74) is 0.446. The van der Waals surface area contributed by atoms with E-state index in [0.29, 0.717) is 25.6 Å². The minimum absolute atomic E-state index is 0.0404. The number of ether oxygens (including phenoxy) is 1. The molecule has 4 rings (SSSR count). The molecule has 0 saturated carbocycles. The van der Waals surface area contributed by atoms with E-state index in [1.807, 2.05) is 12.1 Å². The van der Waals surface area contributed by atoms with Gasteiger partial charge in [0.25, 0.3) is 0 Å². The van der Waals surface area contributed by atoms with Gasteiger partial charge in [0.15, 0.2) is 0 Å². The van der Waals surface area contributed by atoms with Gasteiger partial charge >= 0.3 is 0 Å². The number of hydrogen-bond acceptors (Lipinski definition) is 6. The molecule has 2 saturated heterocycles. The summed E-state index contributed by atoms with van der Waals surface area (Å²) in [6.07, 6.45) is 8.44. The van der Waals surface area contributed by atoms with E-state index in [1.165, 1.54) is 0 Å². The van der Waals surface area contributed by atoms with Crippen molar-refractivity contribution < 1.29 is 9.53 Å². The lowest BCUT2D eigenvalue weighted by atomic mass is 9.75. The van der Waals surface area contributed by atoms with Crippen molar-refractivity contribution in [3.8, 4) is 0 Å². The van der Waals surface area contributed by atoms with Crippen LogP contribution >= 0.6 is 0 Å². The number of aromatic nitrogens is 3. The molecular formula is C18H21N5O2. The molecule has 2 aromatic heterocycles. The van der Waals surface area contributed by atoms with E-state index >= 15 is 0 Å². The minimum Gasteiger partial charge on any atom is -0.377 e. The van der Waals surface area contributed by atoms with Crippen LogP contribution in [0.1, 0.15) is 18.4 Å². The number of carbonyl (C=O) groups excluding carboxylic acids is 1. The summed E-state index contributed by atoms with van der Waals surface area (Å²) >= 11 is 0. The summed E-state index contributed by atoms with van der Waals surface area (Å²) < 4.78 is 5.88. The monoisotopic (exact) mass is 339 g/mol. The maximum atomic E-state index is 13.1. The summed E-state index contributed by atoms with van der Waals surface area (Å²) in [6.45, 7) is 2.48. The Bertz CT molecular complexity index is 727. The molecule has 2 atom stereocenters. The van der Waals surface area contributed by atoms with Gasteiger partial charge in [0.2, 0.25) is 11.9 Å². The van der Waals surface area contributed by atoms with E-state index in [4.69, 9.17) is 4.74 Å². The zero-order chi connectivity index (χ0) is 17.1. The predicted molar refractivity (Wildman–Crippen MR) is 91.7 cm³/mol. The molecule has 0 spiro atoms. The van der Waals surface area contributed by atoms with Gasteiger partial charge in [-0.05, 0) is 30.5 Å². The third kappa shape index (κ3) is 3.07. The fraction of sp³-hybridized carbons (Fsp3) is 0.444.